The average molecular weight is 112 g/mol. The van der Waals surface area contributed by atoms with E-state index in [4.69, 9.17) is 4.74 Å². The molecule has 0 fully saturated rings. The van der Waals surface area contributed by atoms with Gasteiger partial charge in [0.1, 0.15) is 0 Å². The average Bonchev–Trinajstić information content (AvgIpc) is 1.90. The Morgan fingerprint density at radius 1 is 1.75 bits per heavy atom. The highest BCUT2D eigenvalue weighted by Gasteiger charge is 2.04. The maximum absolute atomic E-state index is 5.02. The van der Waals surface area contributed by atoms with E-state index in [1.54, 1.807) is 0 Å². The highest BCUT2D eigenvalue weighted by molar-refractivity contribution is 4.85. The van der Waals surface area contributed by atoms with Crippen molar-refractivity contribution in [2.75, 3.05) is 6.61 Å². The van der Waals surface area contributed by atoms with Crippen LogP contribution >= 0.6 is 0 Å². The summed E-state index contributed by atoms with van der Waals surface area (Å²) in [6.45, 7) is 3.12. The highest BCUT2D eigenvalue weighted by atomic mass is 16.5. The highest BCUT2D eigenvalue weighted by Crippen LogP contribution is 2.13. The summed E-state index contributed by atoms with van der Waals surface area (Å²) in [6.07, 6.45) is 6.41. The van der Waals surface area contributed by atoms with Gasteiger partial charge in [-0.25, -0.2) is 0 Å². The van der Waals surface area contributed by atoms with E-state index in [1.165, 1.54) is 12.8 Å². The molecule has 1 rings (SSSR count). The Bertz CT molecular complexity index is 86.4. The van der Waals surface area contributed by atoms with Crippen molar-refractivity contribution in [1.29, 1.82) is 0 Å². The standard InChI is InChI=1S/C7H12O/c1-2-7-3-5-8-6-4-7/h3,5,7H,2,4,6H2,1H3. The van der Waals surface area contributed by atoms with Crippen molar-refractivity contribution in [3.05, 3.63) is 12.3 Å². The molecule has 1 aliphatic rings. The lowest BCUT2D eigenvalue weighted by molar-refractivity contribution is 0.207. The zero-order valence-electron chi connectivity index (χ0n) is 5.26. The molecule has 0 radical (unpaired) electrons. The van der Waals surface area contributed by atoms with Gasteiger partial charge >= 0.3 is 0 Å². The summed E-state index contributed by atoms with van der Waals surface area (Å²) in [5.41, 5.74) is 0. The van der Waals surface area contributed by atoms with Gasteiger partial charge in [0, 0.05) is 0 Å². The molecule has 0 saturated carbocycles. The lowest BCUT2D eigenvalue weighted by Crippen LogP contribution is -2.04. The molecule has 46 valence electrons. The third kappa shape index (κ3) is 1.25. The third-order valence-corrected chi connectivity index (χ3v) is 1.58. The molecule has 0 aliphatic carbocycles. The van der Waals surface area contributed by atoms with Gasteiger partial charge in [0.25, 0.3) is 0 Å². The molecule has 0 amide bonds. The van der Waals surface area contributed by atoms with E-state index in [-0.39, 0.29) is 0 Å². The normalized spacial score (nSPS) is 27.4. The van der Waals surface area contributed by atoms with Gasteiger partial charge in [0.05, 0.1) is 12.9 Å². The molecule has 1 unspecified atom stereocenters. The Labute approximate surface area is 50.3 Å². The minimum Gasteiger partial charge on any atom is -0.501 e. The van der Waals surface area contributed by atoms with Crippen molar-refractivity contribution in [2.45, 2.75) is 19.8 Å². The molecule has 1 heteroatoms. The first-order chi connectivity index (χ1) is 3.93. The summed E-state index contributed by atoms with van der Waals surface area (Å²) in [5, 5.41) is 0. The number of rotatable bonds is 1. The van der Waals surface area contributed by atoms with Crippen LogP contribution in [0.4, 0.5) is 0 Å². The van der Waals surface area contributed by atoms with Crippen LogP contribution < -0.4 is 0 Å². The first-order valence-corrected chi connectivity index (χ1v) is 3.21. The maximum atomic E-state index is 5.02. The zero-order chi connectivity index (χ0) is 5.82. The van der Waals surface area contributed by atoms with Crippen molar-refractivity contribution < 1.29 is 4.74 Å². The second kappa shape index (κ2) is 2.75. The monoisotopic (exact) mass is 112 g/mol. The van der Waals surface area contributed by atoms with Gasteiger partial charge in [-0.3, -0.25) is 0 Å². The van der Waals surface area contributed by atoms with Gasteiger partial charge in [-0.05, 0) is 24.8 Å². The van der Waals surface area contributed by atoms with Gasteiger partial charge in [0.15, 0.2) is 0 Å². The van der Waals surface area contributed by atoms with Gasteiger partial charge in [-0.1, -0.05) is 6.92 Å². The minimum atomic E-state index is 0.781. The Kier molecular flexibility index (Phi) is 1.95. The van der Waals surface area contributed by atoms with Crippen LogP contribution in [0.2, 0.25) is 0 Å². The zero-order valence-corrected chi connectivity index (χ0v) is 5.26. The molecule has 1 heterocycles. The number of allylic oxidation sites excluding steroid dienone is 1. The number of hydrogen-bond acceptors (Lipinski definition) is 1. The second-order valence-corrected chi connectivity index (χ2v) is 2.16. The van der Waals surface area contributed by atoms with E-state index in [1.807, 2.05) is 6.26 Å². The van der Waals surface area contributed by atoms with Crippen molar-refractivity contribution in [3.63, 3.8) is 0 Å². The smallest absolute Gasteiger partial charge is 0.0878 e. The number of ether oxygens (including phenoxy) is 1. The van der Waals surface area contributed by atoms with Gasteiger partial charge in [-0.15, -0.1) is 0 Å². The van der Waals surface area contributed by atoms with Crippen LogP contribution in [0.25, 0.3) is 0 Å². The van der Waals surface area contributed by atoms with Crippen LogP contribution in [-0.4, -0.2) is 6.61 Å². The molecular formula is C7H12O. The molecule has 0 aromatic rings. The van der Waals surface area contributed by atoms with E-state index < -0.39 is 0 Å². The molecule has 0 saturated heterocycles. The van der Waals surface area contributed by atoms with E-state index >= 15 is 0 Å². The van der Waals surface area contributed by atoms with Crippen LogP contribution in [0.5, 0.6) is 0 Å². The predicted octanol–water partition coefficient (Wildman–Crippen LogP) is 1.95. The maximum Gasteiger partial charge on any atom is 0.0878 e. The molecule has 1 atom stereocenters. The van der Waals surface area contributed by atoms with Crippen LogP contribution in [0, 0.1) is 5.92 Å². The van der Waals surface area contributed by atoms with Crippen LogP contribution in [0.15, 0.2) is 12.3 Å². The van der Waals surface area contributed by atoms with Crippen molar-refractivity contribution in [1.82, 2.24) is 0 Å². The van der Waals surface area contributed by atoms with Crippen LogP contribution in [-0.2, 0) is 4.74 Å². The minimum absolute atomic E-state index is 0.781. The van der Waals surface area contributed by atoms with Crippen molar-refractivity contribution >= 4 is 0 Å². The third-order valence-electron chi connectivity index (χ3n) is 1.58. The fourth-order valence-electron chi connectivity index (χ4n) is 0.891. The molecule has 0 aromatic heterocycles. The Morgan fingerprint density at radius 2 is 2.62 bits per heavy atom. The predicted molar refractivity (Wildman–Crippen MR) is 33.5 cm³/mol. The van der Waals surface area contributed by atoms with E-state index in [2.05, 4.69) is 13.0 Å². The lowest BCUT2D eigenvalue weighted by atomic mass is 10.0. The summed E-state index contributed by atoms with van der Waals surface area (Å²) < 4.78 is 5.02. The Hall–Kier alpha value is -0.460. The lowest BCUT2D eigenvalue weighted by Gasteiger charge is -2.13. The number of hydrogen-bond donors (Lipinski definition) is 0. The first-order valence-electron chi connectivity index (χ1n) is 3.21. The summed E-state index contributed by atoms with van der Waals surface area (Å²) in [5.74, 6) is 0.781. The molecule has 1 aliphatic heterocycles. The Balaban J connectivity index is 2.32. The van der Waals surface area contributed by atoms with Crippen molar-refractivity contribution in [3.8, 4) is 0 Å². The quantitative estimate of drug-likeness (QED) is 0.503. The molecule has 0 bridgehead atoms. The topological polar surface area (TPSA) is 9.23 Å². The van der Waals surface area contributed by atoms with Gasteiger partial charge < -0.3 is 4.74 Å². The van der Waals surface area contributed by atoms with Gasteiger partial charge in [-0.2, -0.15) is 0 Å². The fourth-order valence-corrected chi connectivity index (χ4v) is 0.891. The summed E-state index contributed by atoms with van der Waals surface area (Å²) >= 11 is 0. The van der Waals surface area contributed by atoms with E-state index in [0.29, 0.717) is 0 Å². The van der Waals surface area contributed by atoms with Gasteiger partial charge in [0.2, 0.25) is 0 Å². The SMILES string of the molecule is CCC1C=COCC1. The molecule has 8 heavy (non-hydrogen) atoms. The molecule has 0 aromatic carbocycles. The van der Waals surface area contributed by atoms with E-state index in [9.17, 15) is 0 Å². The first kappa shape index (κ1) is 5.67. The molecule has 1 nitrogen and oxygen atoms in total. The van der Waals surface area contributed by atoms with Crippen LogP contribution in [0.3, 0.4) is 0 Å². The Morgan fingerprint density at radius 3 is 3.00 bits per heavy atom. The fraction of sp³-hybridized carbons (Fsp3) is 0.714. The van der Waals surface area contributed by atoms with E-state index in [0.717, 1.165) is 12.5 Å². The molecule has 0 spiro atoms. The summed E-state index contributed by atoms with van der Waals surface area (Å²) in [6, 6.07) is 0. The summed E-state index contributed by atoms with van der Waals surface area (Å²) in [7, 11) is 0. The van der Waals surface area contributed by atoms with Crippen molar-refractivity contribution in [2.24, 2.45) is 5.92 Å². The largest absolute Gasteiger partial charge is 0.501 e. The second-order valence-electron chi connectivity index (χ2n) is 2.16. The van der Waals surface area contributed by atoms with Crippen LogP contribution in [0.1, 0.15) is 19.8 Å². The molecule has 0 N–H and O–H groups in total. The molecular weight excluding hydrogens is 100 g/mol. The summed E-state index contributed by atoms with van der Waals surface area (Å²) in [4.78, 5) is 0.